The van der Waals surface area contributed by atoms with Gasteiger partial charge in [0.05, 0.1) is 0 Å². The molecule has 1 heterocycles. The van der Waals surface area contributed by atoms with Crippen LogP contribution in [-0.2, 0) is 0 Å². The van der Waals surface area contributed by atoms with E-state index in [9.17, 15) is 0 Å². The Hall–Kier alpha value is -0.0400. The summed E-state index contributed by atoms with van der Waals surface area (Å²) in [6, 6.07) is 1.65. The van der Waals surface area contributed by atoms with Gasteiger partial charge < -0.3 is 4.90 Å². The van der Waals surface area contributed by atoms with Gasteiger partial charge in [0.1, 0.15) is 0 Å². The molecule has 0 radical (unpaired) electrons. The van der Waals surface area contributed by atoms with Gasteiger partial charge in [-0.05, 0) is 56.9 Å². The van der Waals surface area contributed by atoms with Gasteiger partial charge in [0, 0.05) is 12.1 Å². The Morgan fingerprint density at radius 3 is 2.31 bits per heavy atom. The van der Waals surface area contributed by atoms with E-state index in [2.05, 4.69) is 39.6 Å². The molecule has 1 heteroatoms. The van der Waals surface area contributed by atoms with Crippen molar-refractivity contribution in [2.75, 3.05) is 7.05 Å². The third-order valence-electron chi connectivity index (χ3n) is 5.22. The van der Waals surface area contributed by atoms with Gasteiger partial charge in [-0.2, -0.15) is 0 Å². The van der Waals surface area contributed by atoms with Crippen LogP contribution in [0.25, 0.3) is 0 Å². The number of likely N-dealkylation sites (tertiary alicyclic amines) is 1. The van der Waals surface area contributed by atoms with E-state index in [4.69, 9.17) is 0 Å². The fourth-order valence-electron chi connectivity index (χ4n) is 4.10. The van der Waals surface area contributed by atoms with Crippen LogP contribution in [0, 0.1) is 17.3 Å². The molecular formula is C15H29N. The Morgan fingerprint density at radius 2 is 1.69 bits per heavy atom. The molecule has 0 unspecified atom stereocenters. The van der Waals surface area contributed by atoms with Crippen LogP contribution in [0.1, 0.15) is 59.8 Å². The summed E-state index contributed by atoms with van der Waals surface area (Å²) in [5, 5.41) is 0. The smallest absolute Gasteiger partial charge is 0.0156 e. The summed E-state index contributed by atoms with van der Waals surface area (Å²) in [6.45, 7) is 9.72. The Bertz CT molecular complexity index is 238. The first-order valence-corrected chi connectivity index (χ1v) is 7.13. The fourth-order valence-corrected chi connectivity index (χ4v) is 4.10. The van der Waals surface area contributed by atoms with Crippen molar-refractivity contribution in [2.45, 2.75) is 71.9 Å². The topological polar surface area (TPSA) is 3.24 Å². The molecule has 4 atom stereocenters. The Kier molecular flexibility index (Phi) is 3.36. The molecule has 0 N–H and O–H groups in total. The van der Waals surface area contributed by atoms with Crippen molar-refractivity contribution in [1.82, 2.24) is 4.90 Å². The molecule has 0 aromatic rings. The molecule has 1 aliphatic carbocycles. The van der Waals surface area contributed by atoms with Gasteiger partial charge >= 0.3 is 0 Å². The highest BCUT2D eigenvalue weighted by molar-refractivity contribution is 4.97. The van der Waals surface area contributed by atoms with Gasteiger partial charge in [-0.25, -0.2) is 0 Å². The fraction of sp³-hybridized carbons (Fsp3) is 1.00. The van der Waals surface area contributed by atoms with Crippen LogP contribution < -0.4 is 0 Å². The standard InChI is InChI=1S/C15H29N/c1-11-9-10-12-7-6-8-13(15(2,3)4)14(12)16(11)5/h11-14H,6-10H2,1-5H3/t11-,12+,13-,14-/m1/s1. The third kappa shape index (κ3) is 2.16. The molecule has 0 aromatic heterocycles. The zero-order chi connectivity index (χ0) is 11.9. The van der Waals surface area contributed by atoms with E-state index < -0.39 is 0 Å². The zero-order valence-corrected chi connectivity index (χ0v) is 11.8. The Balaban J connectivity index is 2.20. The molecule has 0 amide bonds. The van der Waals surface area contributed by atoms with Crippen molar-refractivity contribution in [3.63, 3.8) is 0 Å². The molecule has 1 saturated carbocycles. The molecule has 2 rings (SSSR count). The number of nitrogens with zero attached hydrogens (tertiary/aromatic N) is 1. The van der Waals surface area contributed by atoms with Gasteiger partial charge in [0.2, 0.25) is 0 Å². The van der Waals surface area contributed by atoms with E-state index >= 15 is 0 Å². The molecule has 2 fully saturated rings. The first kappa shape index (κ1) is 12.4. The van der Waals surface area contributed by atoms with Crippen LogP contribution in [0.15, 0.2) is 0 Å². The monoisotopic (exact) mass is 223 g/mol. The first-order chi connectivity index (χ1) is 7.41. The lowest BCUT2D eigenvalue weighted by Crippen LogP contribution is -2.55. The van der Waals surface area contributed by atoms with Crippen molar-refractivity contribution in [3.05, 3.63) is 0 Å². The minimum atomic E-state index is 0.481. The molecular weight excluding hydrogens is 194 g/mol. The molecule has 2 aliphatic rings. The van der Waals surface area contributed by atoms with Crippen LogP contribution in [0.3, 0.4) is 0 Å². The molecule has 0 spiro atoms. The van der Waals surface area contributed by atoms with E-state index in [1.807, 2.05) is 0 Å². The summed E-state index contributed by atoms with van der Waals surface area (Å²) >= 11 is 0. The predicted octanol–water partition coefficient (Wildman–Crippen LogP) is 3.93. The summed E-state index contributed by atoms with van der Waals surface area (Å²) in [5.74, 6) is 1.89. The molecule has 94 valence electrons. The molecule has 1 saturated heterocycles. The SMILES string of the molecule is C[C@@H]1CC[C@@H]2CCC[C@@H](C(C)(C)C)[C@@H]2N1C. The van der Waals surface area contributed by atoms with E-state index in [-0.39, 0.29) is 0 Å². The normalized spacial score (nSPS) is 41.8. The minimum Gasteiger partial charge on any atom is -0.300 e. The van der Waals surface area contributed by atoms with E-state index in [1.165, 1.54) is 32.1 Å². The molecule has 1 aliphatic heterocycles. The molecule has 0 bridgehead atoms. The highest BCUT2D eigenvalue weighted by atomic mass is 15.2. The quantitative estimate of drug-likeness (QED) is 0.601. The summed E-state index contributed by atoms with van der Waals surface area (Å²) in [4.78, 5) is 2.70. The second kappa shape index (κ2) is 4.33. The van der Waals surface area contributed by atoms with Gasteiger partial charge in [-0.1, -0.05) is 27.2 Å². The maximum atomic E-state index is 2.70. The van der Waals surface area contributed by atoms with E-state index in [0.717, 1.165) is 23.9 Å². The molecule has 16 heavy (non-hydrogen) atoms. The highest BCUT2D eigenvalue weighted by Crippen LogP contribution is 2.46. The number of hydrogen-bond donors (Lipinski definition) is 0. The van der Waals surface area contributed by atoms with Crippen LogP contribution in [-0.4, -0.2) is 24.0 Å². The van der Waals surface area contributed by atoms with Crippen molar-refractivity contribution in [1.29, 1.82) is 0 Å². The third-order valence-corrected chi connectivity index (χ3v) is 5.22. The largest absolute Gasteiger partial charge is 0.300 e. The molecule has 0 aromatic carbocycles. The van der Waals surface area contributed by atoms with E-state index in [1.54, 1.807) is 0 Å². The minimum absolute atomic E-state index is 0.481. The van der Waals surface area contributed by atoms with Crippen LogP contribution in [0.4, 0.5) is 0 Å². The number of fused-ring (bicyclic) bond motifs is 1. The van der Waals surface area contributed by atoms with Crippen molar-refractivity contribution in [2.24, 2.45) is 17.3 Å². The lowest BCUT2D eigenvalue weighted by atomic mass is 9.63. The lowest BCUT2D eigenvalue weighted by Gasteiger charge is -2.53. The first-order valence-electron chi connectivity index (χ1n) is 7.13. The Morgan fingerprint density at radius 1 is 1.00 bits per heavy atom. The van der Waals surface area contributed by atoms with Crippen molar-refractivity contribution in [3.8, 4) is 0 Å². The van der Waals surface area contributed by atoms with Crippen LogP contribution in [0.5, 0.6) is 0 Å². The highest BCUT2D eigenvalue weighted by Gasteiger charge is 2.44. The summed E-state index contributed by atoms with van der Waals surface area (Å²) in [7, 11) is 2.37. The van der Waals surface area contributed by atoms with Gasteiger partial charge in [0.25, 0.3) is 0 Å². The lowest BCUT2D eigenvalue weighted by molar-refractivity contribution is -0.0326. The van der Waals surface area contributed by atoms with Gasteiger partial charge in [0.15, 0.2) is 0 Å². The van der Waals surface area contributed by atoms with Crippen LogP contribution in [0.2, 0.25) is 0 Å². The number of hydrogen-bond acceptors (Lipinski definition) is 1. The second-order valence-electron chi connectivity index (χ2n) is 7.25. The summed E-state index contributed by atoms with van der Waals surface area (Å²) in [5.41, 5.74) is 0.481. The average molecular weight is 223 g/mol. The number of rotatable bonds is 0. The van der Waals surface area contributed by atoms with Gasteiger partial charge in [-0.3, -0.25) is 0 Å². The van der Waals surface area contributed by atoms with Crippen molar-refractivity contribution < 1.29 is 0 Å². The second-order valence-corrected chi connectivity index (χ2v) is 7.25. The van der Waals surface area contributed by atoms with Gasteiger partial charge in [-0.15, -0.1) is 0 Å². The van der Waals surface area contributed by atoms with Crippen molar-refractivity contribution >= 4 is 0 Å². The zero-order valence-electron chi connectivity index (χ0n) is 11.8. The number of piperidine rings is 1. The average Bonchev–Trinajstić information content (AvgIpc) is 2.21. The van der Waals surface area contributed by atoms with Crippen LogP contribution >= 0.6 is 0 Å². The Labute approximate surface area is 102 Å². The molecule has 1 nitrogen and oxygen atoms in total. The summed E-state index contributed by atoms with van der Waals surface area (Å²) in [6.07, 6.45) is 7.28. The predicted molar refractivity (Wildman–Crippen MR) is 70.5 cm³/mol. The summed E-state index contributed by atoms with van der Waals surface area (Å²) < 4.78 is 0. The maximum Gasteiger partial charge on any atom is 0.0156 e. The van der Waals surface area contributed by atoms with E-state index in [0.29, 0.717) is 5.41 Å². The maximum absolute atomic E-state index is 2.70.